The van der Waals surface area contributed by atoms with Crippen LogP contribution in [0.5, 0.6) is 0 Å². The van der Waals surface area contributed by atoms with Gasteiger partial charge in [0.2, 0.25) is 0 Å². The van der Waals surface area contributed by atoms with Crippen molar-refractivity contribution >= 4 is 6.29 Å². The van der Waals surface area contributed by atoms with Crippen LogP contribution in [0.3, 0.4) is 0 Å². The Bertz CT molecular complexity index is 586. The molecule has 5 heteroatoms. The molecular weight excluding hydrogens is 308 g/mol. The molecule has 1 aliphatic heterocycles. The van der Waals surface area contributed by atoms with E-state index in [4.69, 9.17) is 14.2 Å². The highest BCUT2D eigenvalue weighted by Crippen LogP contribution is 2.67. The molecule has 0 radical (unpaired) electrons. The van der Waals surface area contributed by atoms with Gasteiger partial charge in [0, 0.05) is 32.5 Å². The molecule has 5 nitrogen and oxygen atoms in total. The Labute approximate surface area is 143 Å². The van der Waals surface area contributed by atoms with E-state index in [1.165, 1.54) is 0 Å². The zero-order valence-electron chi connectivity index (χ0n) is 14.8. The number of fused-ring (bicyclic) bond motifs is 4. The van der Waals surface area contributed by atoms with E-state index in [-0.39, 0.29) is 23.5 Å². The monoisotopic (exact) mass is 336 g/mol. The van der Waals surface area contributed by atoms with Crippen molar-refractivity contribution in [3.8, 4) is 0 Å². The standard InChI is InChI=1S/C19H28O5/c1-17-6-4-12(10-20)13(11-22-2)14(17)5-7-18(21)8-15-16(24-15)9-19(17,18)23-3/h10,14-16,21H,4-9,11H2,1-3H3/t14?,15?,16?,17-,18+,19+/m0/s1. The van der Waals surface area contributed by atoms with Crippen molar-refractivity contribution in [3.63, 3.8) is 0 Å². The van der Waals surface area contributed by atoms with Gasteiger partial charge in [-0.15, -0.1) is 0 Å². The number of aldehydes is 1. The average Bonchev–Trinajstić information content (AvgIpc) is 3.30. The molecule has 0 amide bonds. The summed E-state index contributed by atoms with van der Waals surface area (Å²) in [5.74, 6) is 0.210. The van der Waals surface area contributed by atoms with Crippen LogP contribution in [0.4, 0.5) is 0 Å². The highest BCUT2D eigenvalue weighted by Gasteiger charge is 2.73. The molecule has 1 N–H and O–H groups in total. The zero-order valence-corrected chi connectivity index (χ0v) is 14.8. The van der Waals surface area contributed by atoms with E-state index in [0.29, 0.717) is 19.4 Å². The summed E-state index contributed by atoms with van der Waals surface area (Å²) in [6.45, 7) is 2.72. The van der Waals surface area contributed by atoms with Crippen LogP contribution >= 0.6 is 0 Å². The van der Waals surface area contributed by atoms with Gasteiger partial charge in [-0.2, -0.15) is 0 Å². The number of allylic oxidation sites excluding steroid dienone is 1. The topological polar surface area (TPSA) is 68.3 Å². The van der Waals surface area contributed by atoms with Crippen molar-refractivity contribution in [2.75, 3.05) is 20.8 Å². The molecule has 24 heavy (non-hydrogen) atoms. The lowest BCUT2D eigenvalue weighted by Crippen LogP contribution is -2.72. The summed E-state index contributed by atoms with van der Waals surface area (Å²) >= 11 is 0. The average molecular weight is 336 g/mol. The molecule has 4 rings (SSSR count). The summed E-state index contributed by atoms with van der Waals surface area (Å²) in [6.07, 6.45) is 5.95. The fourth-order valence-electron chi connectivity index (χ4n) is 6.26. The number of aliphatic hydroxyl groups is 1. The van der Waals surface area contributed by atoms with E-state index in [9.17, 15) is 9.90 Å². The third-order valence-corrected chi connectivity index (χ3v) is 7.54. The fraction of sp³-hybridized carbons (Fsp3) is 0.842. The molecule has 3 aliphatic carbocycles. The number of methoxy groups -OCH3 is 2. The smallest absolute Gasteiger partial charge is 0.146 e. The molecule has 2 saturated carbocycles. The number of hydrogen-bond donors (Lipinski definition) is 1. The highest BCUT2D eigenvalue weighted by atomic mass is 16.6. The minimum absolute atomic E-state index is 0.196. The second-order valence-electron chi connectivity index (χ2n) is 8.29. The molecule has 0 bridgehead atoms. The van der Waals surface area contributed by atoms with Gasteiger partial charge in [-0.05, 0) is 42.7 Å². The SMILES string of the molecule is COCC1=C(C=O)CC[C@@]2(C)C1CC[C@@]1(O)CC3OC3C[C@]12OC. The van der Waals surface area contributed by atoms with Crippen LogP contribution in [-0.2, 0) is 19.0 Å². The van der Waals surface area contributed by atoms with Crippen molar-refractivity contribution in [2.45, 2.75) is 68.9 Å². The largest absolute Gasteiger partial charge is 0.387 e. The Hall–Kier alpha value is -0.750. The van der Waals surface area contributed by atoms with E-state index < -0.39 is 11.2 Å². The first-order chi connectivity index (χ1) is 11.4. The first kappa shape index (κ1) is 16.7. The van der Waals surface area contributed by atoms with E-state index in [1.54, 1.807) is 14.2 Å². The van der Waals surface area contributed by atoms with Crippen LogP contribution in [0.15, 0.2) is 11.1 Å². The number of carbonyl (C=O) groups is 1. The summed E-state index contributed by atoms with van der Waals surface area (Å²) in [5, 5.41) is 11.6. The highest BCUT2D eigenvalue weighted by molar-refractivity contribution is 5.75. The summed E-state index contributed by atoms with van der Waals surface area (Å²) in [6, 6.07) is 0. The number of rotatable bonds is 4. The van der Waals surface area contributed by atoms with Crippen LogP contribution < -0.4 is 0 Å². The normalized spacial score (nSPS) is 49.9. The molecule has 0 aromatic carbocycles. The molecule has 0 spiro atoms. The molecule has 4 aliphatic rings. The first-order valence-electron chi connectivity index (χ1n) is 9.04. The van der Waals surface area contributed by atoms with Crippen LogP contribution in [0.2, 0.25) is 0 Å². The Morgan fingerprint density at radius 2 is 2.04 bits per heavy atom. The van der Waals surface area contributed by atoms with Gasteiger partial charge in [-0.1, -0.05) is 6.92 Å². The molecule has 1 saturated heterocycles. The van der Waals surface area contributed by atoms with Crippen molar-refractivity contribution < 1.29 is 24.1 Å². The third-order valence-electron chi connectivity index (χ3n) is 7.54. The number of ether oxygens (including phenoxy) is 3. The second kappa shape index (κ2) is 5.37. The molecule has 3 unspecified atom stereocenters. The van der Waals surface area contributed by atoms with E-state index in [1.807, 2.05) is 0 Å². The van der Waals surface area contributed by atoms with E-state index >= 15 is 0 Å². The lowest BCUT2D eigenvalue weighted by molar-refractivity contribution is -0.277. The summed E-state index contributed by atoms with van der Waals surface area (Å²) in [5.41, 5.74) is 0.313. The van der Waals surface area contributed by atoms with Crippen LogP contribution in [0.25, 0.3) is 0 Å². The van der Waals surface area contributed by atoms with Crippen LogP contribution in [0, 0.1) is 11.3 Å². The van der Waals surface area contributed by atoms with Gasteiger partial charge in [-0.25, -0.2) is 0 Å². The molecule has 1 heterocycles. The third kappa shape index (κ3) is 1.93. The predicted molar refractivity (Wildman–Crippen MR) is 87.6 cm³/mol. The summed E-state index contributed by atoms with van der Waals surface area (Å²) < 4.78 is 17.4. The van der Waals surface area contributed by atoms with Crippen LogP contribution in [-0.4, -0.2) is 55.6 Å². The lowest BCUT2D eigenvalue weighted by atomic mass is 9.45. The summed E-state index contributed by atoms with van der Waals surface area (Å²) in [4.78, 5) is 11.6. The number of hydrogen-bond acceptors (Lipinski definition) is 5. The van der Waals surface area contributed by atoms with Gasteiger partial charge >= 0.3 is 0 Å². The number of epoxide rings is 1. The van der Waals surface area contributed by atoms with Gasteiger partial charge in [0.05, 0.1) is 24.4 Å². The fourth-order valence-corrected chi connectivity index (χ4v) is 6.26. The predicted octanol–water partition coefficient (Wildman–Crippen LogP) is 2.02. The molecule has 6 atom stereocenters. The van der Waals surface area contributed by atoms with E-state index in [0.717, 1.165) is 43.1 Å². The molecule has 0 aromatic rings. The van der Waals surface area contributed by atoms with Crippen LogP contribution in [0.1, 0.15) is 45.4 Å². The van der Waals surface area contributed by atoms with Crippen molar-refractivity contribution in [2.24, 2.45) is 11.3 Å². The molecule has 3 fully saturated rings. The van der Waals surface area contributed by atoms with Gasteiger partial charge in [-0.3, -0.25) is 4.79 Å². The Kier molecular flexibility index (Phi) is 3.74. The van der Waals surface area contributed by atoms with E-state index in [2.05, 4.69) is 6.92 Å². The maximum Gasteiger partial charge on any atom is 0.146 e. The minimum atomic E-state index is -0.846. The maximum absolute atomic E-state index is 11.6. The quantitative estimate of drug-likeness (QED) is 0.628. The van der Waals surface area contributed by atoms with Gasteiger partial charge in [0.15, 0.2) is 0 Å². The maximum atomic E-state index is 11.6. The molecule has 134 valence electrons. The van der Waals surface area contributed by atoms with Crippen molar-refractivity contribution in [1.29, 1.82) is 0 Å². The Balaban J connectivity index is 1.81. The van der Waals surface area contributed by atoms with Crippen molar-refractivity contribution in [1.82, 2.24) is 0 Å². The van der Waals surface area contributed by atoms with Gasteiger partial charge in [0.25, 0.3) is 0 Å². The molecular formula is C19H28O5. The minimum Gasteiger partial charge on any atom is -0.387 e. The van der Waals surface area contributed by atoms with Gasteiger partial charge in [0.1, 0.15) is 11.9 Å². The zero-order chi connectivity index (χ0) is 17.2. The molecule has 0 aromatic heterocycles. The second-order valence-corrected chi connectivity index (χ2v) is 8.29. The first-order valence-corrected chi connectivity index (χ1v) is 9.04. The lowest BCUT2D eigenvalue weighted by Gasteiger charge is -2.65. The summed E-state index contributed by atoms with van der Waals surface area (Å²) in [7, 11) is 3.41. The Morgan fingerprint density at radius 1 is 1.29 bits per heavy atom. The number of carbonyl (C=O) groups excluding carboxylic acids is 1. The van der Waals surface area contributed by atoms with Crippen molar-refractivity contribution in [3.05, 3.63) is 11.1 Å². The van der Waals surface area contributed by atoms with Gasteiger partial charge < -0.3 is 19.3 Å². The Morgan fingerprint density at radius 3 is 2.71 bits per heavy atom.